The Morgan fingerprint density at radius 1 is 1.08 bits per heavy atom. The van der Waals surface area contributed by atoms with Gasteiger partial charge in [0.2, 0.25) is 15.9 Å². The zero-order valence-corrected chi connectivity index (χ0v) is 14.8. The van der Waals surface area contributed by atoms with Crippen LogP contribution in [-0.2, 0) is 14.8 Å². The van der Waals surface area contributed by atoms with Crippen LogP contribution in [0.1, 0.15) is 38.5 Å². The molecule has 2 heterocycles. The first-order valence-electron chi connectivity index (χ1n) is 8.65. The fraction of sp³-hybridized carbons (Fsp3) is 0.588. The largest absolute Gasteiger partial charge is 0.343 e. The predicted octanol–water partition coefficient (Wildman–Crippen LogP) is 2.52. The third kappa shape index (κ3) is 3.69. The van der Waals surface area contributed by atoms with E-state index in [0.29, 0.717) is 38.8 Å². The van der Waals surface area contributed by atoms with Crippen LogP contribution in [0.15, 0.2) is 23.1 Å². The van der Waals surface area contributed by atoms with E-state index in [4.69, 9.17) is 0 Å². The average molecular weight is 372 g/mol. The first kappa shape index (κ1) is 18.3. The molecule has 0 radical (unpaired) electrons. The maximum Gasteiger partial charge on any atom is 0.249 e. The quantitative estimate of drug-likeness (QED) is 0.798. The summed E-state index contributed by atoms with van der Waals surface area (Å²) in [5.74, 6) is -2.05. The number of rotatable bonds is 5. The lowest BCUT2D eigenvalue weighted by atomic mass is 10.0. The van der Waals surface area contributed by atoms with Gasteiger partial charge in [-0.05, 0) is 37.8 Å². The Labute approximate surface area is 146 Å². The van der Waals surface area contributed by atoms with E-state index in [1.54, 1.807) is 4.90 Å². The van der Waals surface area contributed by atoms with E-state index in [1.165, 1.54) is 4.31 Å². The Bertz CT molecular complexity index is 734. The minimum atomic E-state index is -4.25. The van der Waals surface area contributed by atoms with Crippen molar-refractivity contribution in [1.82, 2.24) is 9.21 Å². The first-order valence-corrected chi connectivity index (χ1v) is 10.1. The molecule has 5 nitrogen and oxygen atoms in total. The Morgan fingerprint density at radius 3 is 2.44 bits per heavy atom. The number of amides is 1. The number of piperidine rings is 1. The van der Waals surface area contributed by atoms with Gasteiger partial charge in [-0.25, -0.2) is 17.2 Å². The highest BCUT2D eigenvalue weighted by molar-refractivity contribution is 7.89. The Kier molecular flexibility index (Phi) is 5.38. The number of halogens is 2. The summed E-state index contributed by atoms with van der Waals surface area (Å²) in [6, 6.07) is 2.72. The Morgan fingerprint density at radius 2 is 1.80 bits per heavy atom. The van der Waals surface area contributed by atoms with Crippen LogP contribution in [0.4, 0.5) is 8.78 Å². The van der Waals surface area contributed by atoms with Gasteiger partial charge in [-0.3, -0.25) is 4.79 Å². The van der Waals surface area contributed by atoms with Crippen molar-refractivity contribution in [1.29, 1.82) is 0 Å². The van der Waals surface area contributed by atoms with Crippen LogP contribution in [0.5, 0.6) is 0 Å². The third-order valence-electron chi connectivity index (χ3n) is 4.96. The van der Waals surface area contributed by atoms with Gasteiger partial charge in [0.15, 0.2) is 4.90 Å². The molecule has 8 heteroatoms. The molecule has 2 saturated heterocycles. The van der Waals surface area contributed by atoms with Gasteiger partial charge in [-0.2, -0.15) is 4.31 Å². The molecule has 25 heavy (non-hydrogen) atoms. The maximum atomic E-state index is 14.0. The summed E-state index contributed by atoms with van der Waals surface area (Å²) in [5, 5.41) is 0. The smallest absolute Gasteiger partial charge is 0.249 e. The molecule has 0 N–H and O–H groups in total. The van der Waals surface area contributed by atoms with Crippen molar-refractivity contribution in [3.63, 3.8) is 0 Å². The zero-order chi connectivity index (χ0) is 18.0. The van der Waals surface area contributed by atoms with E-state index < -0.39 is 26.6 Å². The van der Waals surface area contributed by atoms with Gasteiger partial charge in [0.05, 0.1) is 0 Å². The second kappa shape index (κ2) is 7.37. The molecule has 0 bridgehead atoms. The van der Waals surface area contributed by atoms with Crippen molar-refractivity contribution in [2.75, 3.05) is 19.6 Å². The van der Waals surface area contributed by atoms with Crippen LogP contribution in [0.2, 0.25) is 0 Å². The second-order valence-electron chi connectivity index (χ2n) is 6.59. The van der Waals surface area contributed by atoms with Crippen molar-refractivity contribution in [3.05, 3.63) is 29.8 Å². The summed E-state index contributed by atoms with van der Waals surface area (Å²) < 4.78 is 55.0. The standard InChI is InChI=1S/C17H22F2N2O3S/c18-14-6-3-7-15(19)17(14)25(23,24)21-11-2-1-5-13(21)9-12-20-10-4-8-16(20)22/h3,6-7,13H,1-2,4-5,8-12H2/t13-/m1/s1. The number of carbonyl (C=O) groups is 1. The van der Waals surface area contributed by atoms with Crippen LogP contribution in [-0.4, -0.2) is 49.2 Å². The van der Waals surface area contributed by atoms with Gasteiger partial charge in [-0.15, -0.1) is 0 Å². The van der Waals surface area contributed by atoms with E-state index >= 15 is 0 Å². The zero-order valence-electron chi connectivity index (χ0n) is 14.0. The molecule has 1 aromatic carbocycles. The lowest BCUT2D eigenvalue weighted by Gasteiger charge is -2.35. The number of hydrogen-bond donors (Lipinski definition) is 0. The Balaban J connectivity index is 1.81. The SMILES string of the molecule is O=C1CCCN1CC[C@H]1CCCCN1S(=O)(=O)c1c(F)cccc1F. The lowest BCUT2D eigenvalue weighted by Crippen LogP contribution is -2.45. The fourth-order valence-electron chi connectivity index (χ4n) is 3.67. The predicted molar refractivity (Wildman–Crippen MR) is 88.3 cm³/mol. The van der Waals surface area contributed by atoms with Crippen molar-refractivity contribution in [2.45, 2.75) is 49.5 Å². The molecule has 0 aliphatic carbocycles. The highest BCUT2D eigenvalue weighted by atomic mass is 32.2. The van der Waals surface area contributed by atoms with E-state index in [-0.39, 0.29) is 18.5 Å². The molecule has 1 atom stereocenters. The molecule has 0 spiro atoms. The molecule has 2 aliphatic rings. The number of nitrogens with zero attached hydrogens (tertiary/aromatic N) is 2. The molecular weight excluding hydrogens is 350 g/mol. The second-order valence-corrected chi connectivity index (χ2v) is 8.42. The van der Waals surface area contributed by atoms with E-state index in [1.807, 2.05) is 0 Å². The van der Waals surface area contributed by atoms with Crippen LogP contribution in [0.3, 0.4) is 0 Å². The number of benzene rings is 1. The molecular formula is C17H22F2N2O3S. The van der Waals surface area contributed by atoms with Crippen molar-refractivity contribution >= 4 is 15.9 Å². The van der Waals surface area contributed by atoms with Crippen LogP contribution in [0, 0.1) is 11.6 Å². The van der Waals surface area contributed by atoms with Crippen molar-refractivity contribution < 1.29 is 22.0 Å². The van der Waals surface area contributed by atoms with E-state index in [0.717, 1.165) is 31.0 Å². The minimum absolute atomic E-state index is 0.0883. The fourth-order valence-corrected chi connectivity index (χ4v) is 5.51. The average Bonchev–Trinajstić information content (AvgIpc) is 2.98. The van der Waals surface area contributed by atoms with Gasteiger partial charge >= 0.3 is 0 Å². The highest BCUT2D eigenvalue weighted by Crippen LogP contribution is 2.30. The van der Waals surface area contributed by atoms with Crippen molar-refractivity contribution in [3.8, 4) is 0 Å². The van der Waals surface area contributed by atoms with Crippen LogP contribution < -0.4 is 0 Å². The molecule has 1 amide bonds. The minimum Gasteiger partial charge on any atom is -0.343 e. The summed E-state index contributed by atoms with van der Waals surface area (Å²) in [4.78, 5) is 12.6. The number of likely N-dealkylation sites (tertiary alicyclic amines) is 1. The van der Waals surface area contributed by atoms with Crippen LogP contribution in [0.25, 0.3) is 0 Å². The molecule has 0 saturated carbocycles. The van der Waals surface area contributed by atoms with E-state index in [9.17, 15) is 22.0 Å². The van der Waals surface area contributed by atoms with Crippen molar-refractivity contribution in [2.24, 2.45) is 0 Å². The normalized spacial score (nSPS) is 22.6. The number of carbonyl (C=O) groups excluding carboxylic acids is 1. The van der Waals surface area contributed by atoms with E-state index in [2.05, 4.69) is 0 Å². The van der Waals surface area contributed by atoms with Crippen LogP contribution >= 0.6 is 0 Å². The molecule has 1 aromatic rings. The summed E-state index contributed by atoms with van der Waals surface area (Å²) in [7, 11) is -4.25. The maximum absolute atomic E-state index is 14.0. The van der Waals surface area contributed by atoms with Gasteiger partial charge in [0, 0.05) is 32.1 Å². The topological polar surface area (TPSA) is 57.7 Å². The summed E-state index contributed by atoms with van der Waals surface area (Å²) >= 11 is 0. The monoisotopic (exact) mass is 372 g/mol. The highest BCUT2D eigenvalue weighted by Gasteiger charge is 2.37. The molecule has 0 unspecified atom stereocenters. The third-order valence-corrected chi connectivity index (χ3v) is 6.97. The van der Waals surface area contributed by atoms with Gasteiger partial charge in [0.1, 0.15) is 11.6 Å². The van der Waals surface area contributed by atoms with Gasteiger partial charge < -0.3 is 4.90 Å². The van der Waals surface area contributed by atoms with Gasteiger partial charge in [0.25, 0.3) is 0 Å². The molecule has 2 aliphatic heterocycles. The Hall–Kier alpha value is -1.54. The molecule has 2 fully saturated rings. The lowest BCUT2D eigenvalue weighted by molar-refractivity contribution is -0.127. The number of sulfonamides is 1. The number of hydrogen-bond acceptors (Lipinski definition) is 3. The summed E-state index contributed by atoms with van der Waals surface area (Å²) in [6.45, 7) is 1.42. The molecule has 138 valence electrons. The molecule has 3 rings (SSSR count). The first-order chi connectivity index (χ1) is 11.9. The van der Waals surface area contributed by atoms with Gasteiger partial charge in [-0.1, -0.05) is 12.5 Å². The summed E-state index contributed by atoms with van der Waals surface area (Å²) in [6.07, 6.45) is 4.01. The summed E-state index contributed by atoms with van der Waals surface area (Å²) in [5.41, 5.74) is 0. The molecule has 0 aromatic heterocycles.